The highest BCUT2D eigenvalue weighted by Gasteiger charge is 2.40. The van der Waals surface area contributed by atoms with Crippen molar-refractivity contribution in [2.45, 2.75) is 30.9 Å². The maximum absolute atomic E-state index is 14.9. The SMILES string of the molecule is FC(F)(F)c1ccc(-c2ccc3c4ccc(-c5ccc(C(F)(F)F)cc5C(F)(F)F)cc4n(-c4ccc(-c5ccccc5C(F)(F)F)c(-c5nc(-c6ccccc6)nc(-c6ccccc6)n5)c4)c3c2)c(C(F)(F)F)c1. The summed E-state index contributed by atoms with van der Waals surface area (Å²) in [6.45, 7) is 0. The molecule has 2 heterocycles. The zero-order chi connectivity index (χ0) is 53.4. The summed E-state index contributed by atoms with van der Waals surface area (Å²) in [5.74, 6) is -0.0158. The Morgan fingerprint density at radius 2 is 0.693 bits per heavy atom. The molecule has 0 saturated carbocycles. The molecule has 0 aliphatic heterocycles. The maximum atomic E-state index is 14.9. The van der Waals surface area contributed by atoms with Crippen LogP contribution >= 0.6 is 0 Å². The summed E-state index contributed by atoms with van der Waals surface area (Å²) in [7, 11) is 0. The highest BCUT2D eigenvalue weighted by molar-refractivity contribution is 6.11. The highest BCUT2D eigenvalue weighted by atomic mass is 19.4. The van der Waals surface area contributed by atoms with Crippen LogP contribution in [0.5, 0.6) is 0 Å². The number of fused-ring (bicyclic) bond motifs is 3. The van der Waals surface area contributed by atoms with Gasteiger partial charge in [0.2, 0.25) is 0 Å². The summed E-state index contributed by atoms with van der Waals surface area (Å²) >= 11 is 0. The molecule has 8 aromatic carbocycles. The Morgan fingerprint density at radius 3 is 1.13 bits per heavy atom. The zero-order valence-electron chi connectivity index (χ0n) is 37.7. The quantitative estimate of drug-likeness (QED) is 0.149. The van der Waals surface area contributed by atoms with Gasteiger partial charge < -0.3 is 4.57 Å². The highest BCUT2D eigenvalue weighted by Crippen LogP contribution is 2.47. The predicted molar refractivity (Wildman–Crippen MR) is 252 cm³/mol. The van der Waals surface area contributed by atoms with Crippen molar-refractivity contribution in [1.29, 1.82) is 0 Å². The van der Waals surface area contributed by atoms with Crippen LogP contribution in [0.4, 0.5) is 65.9 Å². The molecule has 0 unspecified atom stereocenters. The molecule has 0 saturated heterocycles. The molecule has 0 radical (unpaired) electrons. The molecule has 378 valence electrons. The first-order valence-corrected chi connectivity index (χ1v) is 22.2. The smallest absolute Gasteiger partial charge is 0.309 e. The lowest BCUT2D eigenvalue weighted by Crippen LogP contribution is -2.12. The molecule has 0 bridgehead atoms. The van der Waals surface area contributed by atoms with Gasteiger partial charge in [-0.05, 0) is 88.0 Å². The monoisotopic (exact) mass is 1040 g/mol. The number of hydrogen-bond donors (Lipinski definition) is 0. The van der Waals surface area contributed by atoms with Crippen LogP contribution in [0.25, 0.3) is 95.0 Å². The van der Waals surface area contributed by atoms with Crippen LogP contribution < -0.4 is 0 Å². The van der Waals surface area contributed by atoms with E-state index in [1.54, 1.807) is 60.7 Å². The largest absolute Gasteiger partial charge is 0.417 e. The second-order valence-electron chi connectivity index (χ2n) is 17.1. The summed E-state index contributed by atoms with van der Waals surface area (Å²) in [4.78, 5) is 14.2. The molecule has 0 atom stereocenters. The average molecular weight is 1040 g/mol. The number of rotatable bonds is 7. The van der Waals surface area contributed by atoms with Crippen molar-refractivity contribution in [3.05, 3.63) is 204 Å². The molecular formula is C56H29F15N4. The summed E-state index contributed by atoms with van der Waals surface area (Å²) in [5.41, 5.74) is -9.07. The lowest BCUT2D eigenvalue weighted by molar-refractivity contribution is -0.144. The van der Waals surface area contributed by atoms with E-state index in [0.717, 1.165) is 6.07 Å². The van der Waals surface area contributed by atoms with E-state index in [-0.39, 0.29) is 84.9 Å². The van der Waals surface area contributed by atoms with Crippen LogP contribution in [0.2, 0.25) is 0 Å². The van der Waals surface area contributed by atoms with E-state index in [9.17, 15) is 65.9 Å². The molecule has 0 amide bonds. The van der Waals surface area contributed by atoms with Crippen molar-refractivity contribution in [3.63, 3.8) is 0 Å². The third kappa shape index (κ3) is 9.65. The van der Waals surface area contributed by atoms with Crippen LogP contribution in [0.3, 0.4) is 0 Å². The first kappa shape index (κ1) is 50.1. The van der Waals surface area contributed by atoms with Crippen LogP contribution in [0.15, 0.2) is 176 Å². The number of halogens is 15. The van der Waals surface area contributed by atoms with Gasteiger partial charge in [-0.3, -0.25) is 0 Å². The first-order valence-electron chi connectivity index (χ1n) is 22.2. The molecule has 0 aliphatic rings. The number of alkyl halides is 15. The Bertz CT molecular complexity index is 3630. The Hall–Kier alpha value is -8.48. The number of nitrogens with zero attached hydrogens (tertiary/aromatic N) is 4. The first-order chi connectivity index (χ1) is 35.3. The van der Waals surface area contributed by atoms with Gasteiger partial charge in [0, 0.05) is 33.2 Å². The van der Waals surface area contributed by atoms with E-state index in [1.165, 1.54) is 77.4 Å². The molecule has 0 N–H and O–H groups in total. The second kappa shape index (κ2) is 18.2. The Labute approximate surface area is 414 Å². The molecule has 0 aliphatic carbocycles. The van der Waals surface area contributed by atoms with Crippen LogP contribution in [-0.2, 0) is 30.9 Å². The molecule has 19 heteroatoms. The number of aromatic nitrogens is 4. The fraction of sp³-hybridized carbons (Fsp3) is 0.0893. The minimum absolute atomic E-state index is 0.00222. The van der Waals surface area contributed by atoms with E-state index >= 15 is 0 Å². The summed E-state index contributed by atoms with van der Waals surface area (Å²) in [5, 5.41) is 0.435. The minimum atomic E-state index is -5.33. The van der Waals surface area contributed by atoms with Crippen LogP contribution in [0, 0.1) is 0 Å². The standard InChI is InChI=1S/C56H29F15N4/c57-52(58,59)34-17-22-37(45(27-34)55(66,67)68)32-15-20-41-42-21-16-33(38-23-18-35(53(60,61)62)28-46(38)56(69,70)71)26-48(42)75(47(41)25-32)36-19-24-39(40-13-7-8-14-44(40)54(63,64)65)43(29-36)51-73-49(30-9-3-1-4-10-30)72-50(74-51)31-11-5-2-6-12-31/h1-29H. The van der Waals surface area contributed by atoms with Crippen molar-refractivity contribution in [2.75, 3.05) is 0 Å². The molecule has 10 aromatic rings. The maximum Gasteiger partial charge on any atom is 0.417 e. The average Bonchev–Trinajstić information content (AvgIpc) is 3.70. The Kier molecular flexibility index (Phi) is 12.1. The molecule has 4 nitrogen and oxygen atoms in total. The van der Waals surface area contributed by atoms with Crippen molar-refractivity contribution >= 4 is 21.8 Å². The minimum Gasteiger partial charge on any atom is -0.309 e. The molecule has 0 fully saturated rings. The molecule has 0 spiro atoms. The molecular weight excluding hydrogens is 1010 g/mol. The number of hydrogen-bond acceptors (Lipinski definition) is 3. The Balaban J connectivity index is 1.31. The third-order valence-corrected chi connectivity index (χ3v) is 12.4. The summed E-state index contributed by atoms with van der Waals surface area (Å²) < 4.78 is 217. The normalized spacial score (nSPS) is 12.7. The van der Waals surface area contributed by atoms with E-state index in [0.29, 0.717) is 35.4 Å². The molecule has 2 aromatic heterocycles. The van der Waals surface area contributed by atoms with Crippen molar-refractivity contribution in [1.82, 2.24) is 19.5 Å². The van der Waals surface area contributed by atoms with Gasteiger partial charge in [0.05, 0.1) is 38.9 Å². The van der Waals surface area contributed by atoms with E-state index < -0.39 is 69.8 Å². The van der Waals surface area contributed by atoms with Crippen molar-refractivity contribution < 1.29 is 65.9 Å². The topological polar surface area (TPSA) is 43.6 Å². The predicted octanol–water partition coefficient (Wildman–Crippen LogP) is 18.1. The molecule has 10 rings (SSSR count). The van der Waals surface area contributed by atoms with Crippen LogP contribution in [-0.4, -0.2) is 19.5 Å². The third-order valence-electron chi connectivity index (χ3n) is 12.4. The fourth-order valence-electron chi connectivity index (χ4n) is 9.03. The summed E-state index contributed by atoms with van der Waals surface area (Å²) in [6.07, 6.45) is -25.9. The van der Waals surface area contributed by atoms with Gasteiger partial charge in [-0.2, -0.15) is 65.9 Å². The van der Waals surface area contributed by atoms with Gasteiger partial charge in [-0.1, -0.05) is 121 Å². The van der Waals surface area contributed by atoms with Crippen molar-refractivity contribution in [2.24, 2.45) is 0 Å². The van der Waals surface area contributed by atoms with Gasteiger partial charge in [-0.25, -0.2) is 15.0 Å². The van der Waals surface area contributed by atoms with Gasteiger partial charge in [-0.15, -0.1) is 0 Å². The van der Waals surface area contributed by atoms with E-state index in [2.05, 4.69) is 4.98 Å². The number of benzene rings is 8. The van der Waals surface area contributed by atoms with Crippen molar-refractivity contribution in [3.8, 4) is 73.2 Å². The zero-order valence-corrected chi connectivity index (χ0v) is 37.7. The van der Waals surface area contributed by atoms with E-state index in [4.69, 9.17) is 9.97 Å². The lowest BCUT2D eigenvalue weighted by Gasteiger charge is -2.19. The van der Waals surface area contributed by atoms with Gasteiger partial charge >= 0.3 is 30.9 Å². The van der Waals surface area contributed by atoms with Gasteiger partial charge in [0.25, 0.3) is 0 Å². The van der Waals surface area contributed by atoms with E-state index in [1.807, 2.05) is 0 Å². The second-order valence-corrected chi connectivity index (χ2v) is 17.1. The fourth-order valence-corrected chi connectivity index (χ4v) is 9.03. The Morgan fingerprint density at radius 1 is 0.280 bits per heavy atom. The lowest BCUT2D eigenvalue weighted by atomic mass is 9.94. The summed E-state index contributed by atoms with van der Waals surface area (Å²) in [6, 6.07) is 35.1. The van der Waals surface area contributed by atoms with Gasteiger partial charge in [0.1, 0.15) is 0 Å². The molecule has 75 heavy (non-hydrogen) atoms. The van der Waals surface area contributed by atoms with Gasteiger partial charge in [0.15, 0.2) is 17.5 Å². The van der Waals surface area contributed by atoms with Crippen LogP contribution in [0.1, 0.15) is 27.8 Å².